The summed E-state index contributed by atoms with van der Waals surface area (Å²) in [5.41, 5.74) is 7.86. The molecule has 0 aliphatic rings. The van der Waals surface area contributed by atoms with Crippen molar-refractivity contribution in [2.45, 2.75) is 33.4 Å². The van der Waals surface area contributed by atoms with Crippen LogP contribution in [0, 0.1) is 6.92 Å². The van der Waals surface area contributed by atoms with Crippen molar-refractivity contribution >= 4 is 5.95 Å². The Kier molecular flexibility index (Phi) is 6.61. The lowest BCUT2D eigenvalue weighted by atomic mass is 10.0. The van der Waals surface area contributed by atoms with E-state index in [0.717, 1.165) is 34.6 Å². The summed E-state index contributed by atoms with van der Waals surface area (Å²) >= 11 is 0. The van der Waals surface area contributed by atoms with E-state index < -0.39 is 0 Å². The van der Waals surface area contributed by atoms with Gasteiger partial charge in [-0.05, 0) is 36.6 Å². The minimum absolute atomic E-state index is 0.660. The maximum Gasteiger partial charge on any atom is 0.225 e. The van der Waals surface area contributed by atoms with Crippen LogP contribution in [0.3, 0.4) is 0 Å². The van der Waals surface area contributed by atoms with E-state index >= 15 is 0 Å². The minimum atomic E-state index is 0.660. The van der Waals surface area contributed by atoms with Crippen molar-refractivity contribution in [3.8, 4) is 16.9 Å². The van der Waals surface area contributed by atoms with Gasteiger partial charge in [-0.1, -0.05) is 49.4 Å². The molecule has 0 amide bonds. The van der Waals surface area contributed by atoms with Crippen molar-refractivity contribution in [3.63, 3.8) is 0 Å². The molecule has 6 heteroatoms. The van der Waals surface area contributed by atoms with Gasteiger partial charge in [0, 0.05) is 50.7 Å². The predicted molar refractivity (Wildman–Crippen MR) is 130 cm³/mol. The summed E-state index contributed by atoms with van der Waals surface area (Å²) in [5, 5.41) is 8.51. The van der Waals surface area contributed by atoms with E-state index in [-0.39, 0.29) is 0 Å². The molecule has 2 aromatic carbocycles. The molecule has 0 saturated heterocycles. The van der Waals surface area contributed by atoms with Gasteiger partial charge in [0.2, 0.25) is 5.95 Å². The predicted octanol–water partition coefficient (Wildman–Crippen LogP) is 4.56. The molecule has 0 unspecified atom stereocenters. The summed E-state index contributed by atoms with van der Waals surface area (Å²) in [5.74, 6) is 0.716. The van der Waals surface area contributed by atoms with E-state index in [0.29, 0.717) is 19.0 Å². The fourth-order valence-electron chi connectivity index (χ4n) is 3.65. The van der Waals surface area contributed by atoms with Gasteiger partial charge in [-0.25, -0.2) is 14.6 Å². The summed E-state index contributed by atoms with van der Waals surface area (Å²) in [6.45, 7) is 5.64. The third-order valence-corrected chi connectivity index (χ3v) is 5.51. The van der Waals surface area contributed by atoms with Gasteiger partial charge >= 0.3 is 0 Å². The topological polar surface area (TPSA) is 58.9 Å². The molecular weight excluding hydrogens is 396 g/mol. The highest BCUT2D eigenvalue weighted by molar-refractivity contribution is 5.64. The third kappa shape index (κ3) is 4.86. The molecule has 0 spiro atoms. The first-order valence-electron chi connectivity index (χ1n) is 11.0. The van der Waals surface area contributed by atoms with Crippen molar-refractivity contribution in [1.29, 1.82) is 0 Å². The first-order valence-corrected chi connectivity index (χ1v) is 11.0. The molecule has 1 N–H and O–H groups in total. The monoisotopic (exact) mass is 426 g/mol. The van der Waals surface area contributed by atoms with E-state index in [9.17, 15) is 0 Å². The zero-order chi connectivity index (χ0) is 22.5. The number of aromatic nitrogens is 4. The Hall–Kier alpha value is -3.51. The van der Waals surface area contributed by atoms with Crippen molar-refractivity contribution in [3.05, 3.63) is 89.4 Å². The van der Waals surface area contributed by atoms with Crippen molar-refractivity contribution in [2.75, 3.05) is 19.0 Å². The van der Waals surface area contributed by atoms with Crippen molar-refractivity contribution in [1.82, 2.24) is 25.1 Å². The number of para-hydroxylation sites is 1. The summed E-state index contributed by atoms with van der Waals surface area (Å²) in [7, 11) is 3.89. The van der Waals surface area contributed by atoms with Crippen LogP contribution in [0.1, 0.15) is 29.3 Å². The zero-order valence-corrected chi connectivity index (χ0v) is 19.2. The molecule has 2 aromatic heterocycles. The third-order valence-electron chi connectivity index (χ3n) is 5.51. The van der Waals surface area contributed by atoms with E-state index in [4.69, 9.17) is 5.10 Å². The number of nitrogens with zero attached hydrogens (tertiary/aromatic N) is 5. The standard InChI is InChI=1S/C26H30N6/c1-5-20-10-12-21(13-11-20)25-22(18-32(30-25)24-9-7-6-8-19(24)2)16-27-17-23-14-15-28-26(29-23)31(3)4/h6-15,18,27H,5,16-17H2,1-4H3. The van der Waals surface area contributed by atoms with Gasteiger partial charge in [0.1, 0.15) is 0 Å². The molecule has 0 fully saturated rings. The van der Waals surface area contributed by atoms with E-state index in [1.807, 2.05) is 29.7 Å². The lowest BCUT2D eigenvalue weighted by Crippen LogP contribution is -2.17. The van der Waals surface area contributed by atoms with Crippen LogP contribution in [0.15, 0.2) is 67.0 Å². The van der Waals surface area contributed by atoms with Gasteiger partial charge in [0.05, 0.1) is 17.1 Å². The fourth-order valence-corrected chi connectivity index (χ4v) is 3.65. The molecule has 0 atom stereocenters. The number of hydrogen-bond donors (Lipinski definition) is 1. The van der Waals surface area contributed by atoms with Crippen LogP contribution in [-0.2, 0) is 19.5 Å². The molecule has 32 heavy (non-hydrogen) atoms. The molecular formula is C26H30N6. The highest BCUT2D eigenvalue weighted by Crippen LogP contribution is 2.25. The largest absolute Gasteiger partial charge is 0.347 e. The number of aryl methyl sites for hydroxylation is 2. The smallest absolute Gasteiger partial charge is 0.225 e. The van der Waals surface area contributed by atoms with Crippen LogP contribution >= 0.6 is 0 Å². The van der Waals surface area contributed by atoms with Crippen molar-refractivity contribution in [2.24, 2.45) is 0 Å². The molecule has 0 aliphatic carbocycles. The summed E-state index contributed by atoms with van der Waals surface area (Å²) < 4.78 is 1.99. The number of rotatable bonds is 8. The summed E-state index contributed by atoms with van der Waals surface area (Å²) in [6, 6.07) is 19.0. The van der Waals surface area contributed by atoms with Crippen LogP contribution < -0.4 is 10.2 Å². The van der Waals surface area contributed by atoms with Gasteiger partial charge < -0.3 is 10.2 Å². The average Bonchev–Trinajstić information content (AvgIpc) is 3.23. The zero-order valence-electron chi connectivity index (χ0n) is 19.2. The quantitative estimate of drug-likeness (QED) is 0.448. The second-order valence-corrected chi connectivity index (χ2v) is 8.13. The molecule has 4 rings (SSSR count). The van der Waals surface area contributed by atoms with E-state index in [2.05, 4.69) is 83.9 Å². The fraction of sp³-hybridized carbons (Fsp3) is 0.269. The van der Waals surface area contributed by atoms with E-state index in [1.165, 1.54) is 11.1 Å². The SMILES string of the molecule is CCc1ccc(-c2nn(-c3ccccc3C)cc2CNCc2ccnc(N(C)C)n2)cc1. The minimum Gasteiger partial charge on any atom is -0.347 e. The Labute approximate surface area is 190 Å². The van der Waals surface area contributed by atoms with Crippen molar-refractivity contribution < 1.29 is 0 Å². The van der Waals surface area contributed by atoms with Gasteiger partial charge in [-0.3, -0.25) is 0 Å². The maximum atomic E-state index is 4.97. The van der Waals surface area contributed by atoms with Gasteiger partial charge in [-0.2, -0.15) is 5.10 Å². The number of hydrogen-bond acceptors (Lipinski definition) is 5. The Morgan fingerprint density at radius 3 is 2.47 bits per heavy atom. The van der Waals surface area contributed by atoms with Crippen LogP contribution in [0.5, 0.6) is 0 Å². The van der Waals surface area contributed by atoms with Crippen LogP contribution in [-0.4, -0.2) is 33.8 Å². The molecule has 6 nitrogen and oxygen atoms in total. The van der Waals surface area contributed by atoms with Crippen LogP contribution in [0.25, 0.3) is 16.9 Å². The van der Waals surface area contributed by atoms with Gasteiger partial charge in [-0.15, -0.1) is 0 Å². The van der Waals surface area contributed by atoms with Gasteiger partial charge in [0.15, 0.2) is 0 Å². The summed E-state index contributed by atoms with van der Waals surface area (Å²) in [4.78, 5) is 10.8. The summed E-state index contributed by atoms with van der Waals surface area (Å²) in [6.07, 6.45) is 4.96. The van der Waals surface area contributed by atoms with Gasteiger partial charge in [0.25, 0.3) is 0 Å². The molecule has 164 valence electrons. The molecule has 0 aliphatic heterocycles. The second kappa shape index (κ2) is 9.75. The molecule has 2 heterocycles. The highest BCUT2D eigenvalue weighted by Gasteiger charge is 2.13. The Morgan fingerprint density at radius 1 is 0.969 bits per heavy atom. The lowest BCUT2D eigenvalue weighted by Gasteiger charge is -2.11. The first kappa shape index (κ1) is 21.7. The second-order valence-electron chi connectivity index (χ2n) is 8.13. The number of anilines is 1. The molecule has 4 aromatic rings. The lowest BCUT2D eigenvalue weighted by molar-refractivity contribution is 0.677. The van der Waals surface area contributed by atoms with Crippen LogP contribution in [0.4, 0.5) is 5.95 Å². The number of benzene rings is 2. The molecule has 0 radical (unpaired) electrons. The normalized spacial score (nSPS) is 11.0. The number of nitrogens with one attached hydrogen (secondary N) is 1. The Balaban J connectivity index is 1.60. The van der Waals surface area contributed by atoms with E-state index in [1.54, 1.807) is 6.20 Å². The molecule has 0 bridgehead atoms. The maximum absolute atomic E-state index is 4.97. The first-order chi connectivity index (χ1) is 15.5. The Morgan fingerprint density at radius 2 is 1.75 bits per heavy atom. The Bertz CT molecular complexity index is 1180. The molecule has 0 saturated carbocycles. The van der Waals surface area contributed by atoms with Crippen LogP contribution in [0.2, 0.25) is 0 Å². The average molecular weight is 427 g/mol. The highest BCUT2D eigenvalue weighted by atomic mass is 15.3.